The lowest BCUT2D eigenvalue weighted by molar-refractivity contribution is -0.129. The highest BCUT2D eigenvalue weighted by Gasteiger charge is 2.21. The monoisotopic (exact) mass is 407 g/mol. The average Bonchev–Trinajstić information content (AvgIpc) is 3.20. The Morgan fingerprint density at radius 1 is 1.07 bits per heavy atom. The Kier molecular flexibility index (Phi) is 5.46. The first kappa shape index (κ1) is 19.7. The zero-order chi connectivity index (χ0) is 20.4. The summed E-state index contributed by atoms with van der Waals surface area (Å²) in [5.41, 5.74) is 4.81. The number of hydrogen-bond donors (Lipinski definition) is 0. The molecule has 0 unspecified atom stereocenters. The highest BCUT2D eigenvalue weighted by molar-refractivity contribution is 7.99. The number of fused-ring (bicyclic) bond motifs is 1. The smallest absolute Gasteiger partial charge is 0.277 e. The molecular formula is C23H25N3O2S. The van der Waals surface area contributed by atoms with Crippen molar-refractivity contribution in [1.82, 2.24) is 15.1 Å². The Labute approximate surface area is 175 Å². The van der Waals surface area contributed by atoms with Crippen LogP contribution in [-0.4, -0.2) is 33.3 Å². The number of rotatable bonds is 4. The second-order valence-corrected chi connectivity index (χ2v) is 9.25. The van der Waals surface area contributed by atoms with Gasteiger partial charge in [-0.1, -0.05) is 68.9 Å². The Morgan fingerprint density at radius 3 is 2.52 bits per heavy atom. The van der Waals surface area contributed by atoms with Gasteiger partial charge >= 0.3 is 0 Å². The van der Waals surface area contributed by atoms with Crippen LogP contribution in [0.3, 0.4) is 0 Å². The van der Waals surface area contributed by atoms with Gasteiger partial charge in [-0.15, -0.1) is 10.2 Å². The molecule has 1 amide bonds. The van der Waals surface area contributed by atoms with Crippen LogP contribution in [0.25, 0.3) is 11.5 Å². The molecule has 3 aromatic rings. The standard InChI is InChI=1S/C23H25N3O2S/c1-23(2,3)19-10-8-17(9-11-19)21-24-25-22(28-21)29-15-20(27)26-13-12-16-6-4-5-7-18(16)14-26/h4-11H,12-15H2,1-3H3. The van der Waals surface area contributed by atoms with E-state index in [1.54, 1.807) is 0 Å². The molecule has 0 fully saturated rings. The first-order chi connectivity index (χ1) is 13.9. The van der Waals surface area contributed by atoms with E-state index in [0.717, 1.165) is 18.5 Å². The topological polar surface area (TPSA) is 59.2 Å². The van der Waals surface area contributed by atoms with E-state index in [0.29, 0.717) is 23.4 Å². The maximum Gasteiger partial charge on any atom is 0.277 e. The molecule has 0 N–H and O–H groups in total. The van der Waals surface area contributed by atoms with Crippen molar-refractivity contribution >= 4 is 17.7 Å². The molecule has 6 heteroatoms. The third-order valence-electron chi connectivity index (χ3n) is 5.21. The van der Waals surface area contributed by atoms with Crippen molar-refractivity contribution in [1.29, 1.82) is 0 Å². The first-order valence-corrected chi connectivity index (χ1v) is 10.8. The van der Waals surface area contributed by atoms with Crippen LogP contribution >= 0.6 is 11.8 Å². The fourth-order valence-corrected chi connectivity index (χ4v) is 4.09. The Morgan fingerprint density at radius 2 is 1.79 bits per heavy atom. The summed E-state index contributed by atoms with van der Waals surface area (Å²) in [6.45, 7) is 7.97. The van der Waals surface area contributed by atoms with Crippen molar-refractivity contribution in [3.8, 4) is 11.5 Å². The molecule has 0 atom stereocenters. The highest BCUT2D eigenvalue weighted by Crippen LogP contribution is 2.27. The molecule has 2 aromatic carbocycles. The summed E-state index contributed by atoms with van der Waals surface area (Å²) in [6, 6.07) is 16.5. The fourth-order valence-electron chi connectivity index (χ4n) is 3.42. The summed E-state index contributed by atoms with van der Waals surface area (Å²) in [6.07, 6.45) is 0.905. The third kappa shape index (κ3) is 4.53. The van der Waals surface area contributed by atoms with Crippen molar-refractivity contribution in [3.05, 3.63) is 65.2 Å². The van der Waals surface area contributed by atoms with E-state index in [4.69, 9.17) is 4.42 Å². The van der Waals surface area contributed by atoms with Crippen LogP contribution in [0.15, 0.2) is 58.2 Å². The second-order valence-electron chi connectivity index (χ2n) is 8.32. The molecule has 2 heterocycles. The molecule has 0 bridgehead atoms. The summed E-state index contributed by atoms with van der Waals surface area (Å²) < 4.78 is 5.76. The van der Waals surface area contributed by atoms with E-state index in [1.165, 1.54) is 28.5 Å². The van der Waals surface area contributed by atoms with E-state index in [2.05, 4.69) is 61.3 Å². The van der Waals surface area contributed by atoms with E-state index in [-0.39, 0.29) is 11.3 Å². The van der Waals surface area contributed by atoms with Crippen LogP contribution in [-0.2, 0) is 23.2 Å². The molecule has 1 aliphatic heterocycles. The van der Waals surface area contributed by atoms with Crippen LogP contribution < -0.4 is 0 Å². The zero-order valence-corrected chi connectivity index (χ0v) is 17.8. The molecule has 0 saturated heterocycles. The summed E-state index contributed by atoms with van der Waals surface area (Å²) in [4.78, 5) is 14.5. The summed E-state index contributed by atoms with van der Waals surface area (Å²) in [5.74, 6) is 0.873. The molecule has 150 valence electrons. The van der Waals surface area contributed by atoms with Gasteiger partial charge in [0, 0.05) is 18.7 Å². The summed E-state index contributed by atoms with van der Waals surface area (Å²) >= 11 is 1.29. The van der Waals surface area contributed by atoms with Crippen molar-refractivity contribution in [2.24, 2.45) is 0 Å². The second kappa shape index (κ2) is 8.03. The van der Waals surface area contributed by atoms with E-state index < -0.39 is 0 Å². The summed E-state index contributed by atoms with van der Waals surface area (Å²) in [7, 11) is 0. The predicted octanol–water partition coefficient (Wildman–Crippen LogP) is 4.71. The van der Waals surface area contributed by atoms with Crippen molar-refractivity contribution in [3.63, 3.8) is 0 Å². The lowest BCUT2D eigenvalue weighted by atomic mass is 9.87. The zero-order valence-electron chi connectivity index (χ0n) is 17.0. The number of aromatic nitrogens is 2. The van der Waals surface area contributed by atoms with Gasteiger partial charge in [-0.3, -0.25) is 4.79 Å². The van der Waals surface area contributed by atoms with E-state index in [1.807, 2.05) is 23.1 Å². The quantitative estimate of drug-likeness (QED) is 0.586. The molecule has 1 aromatic heterocycles. The molecular weight excluding hydrogens is 382 g/mol. The van der Waals surface area contributed by atoms with Crippen LogP contribution in [0.5, 0.6) is 0 Å². The van der Waals surface area contributed by atoms with Gasteiger partial charge in [-0.2, -0.15) is 0 Å². The molecule has 1 aliphatic rings. The van der Waals surface area contributed by atoms with E-state index >= 15 is 0 Å². The number of nitrogens with zero attached hydrogens (tertiary/aromatic N) is 3. The van der Waals surface area contributed by atoms with Crippen molar-refractivity contribution < 1.29 is 9.21 Å². The molecule has 5 nitrogen and oxygen atoms in total. The van der Waals surface area contributed by atoms with Gasteiger partial charge in [0.1, 0.15) is 0 Å². The SMILES string of the molecule is CC(C)(C)c1ccc(-c2nnc(SCC(=O)N3CCc4ccccc4C3)o2)cc1. The van der Waals surface area contributed by atoms with Crippen molar-refractivity contribution in [2.75, 3.05) is 12.3 Å². The Balaban J connectivity index is 1.36. The molecule has 0 radical (unpaired) electrons. The minimum atomic E-state index is 0.0961. The van der Waals surface area contributed by atoms with Crippen LogP contribution in [0.2, 0.25) is 0 Å². The molecule has 29 heavy (non-hydrogen) atoms. The van der Waals surface area contributed by atoms with Crippen LogP contribution in [0.4, 0.5) is 0 Å². The normalized spacial score (nSPS) is 14.0. The largest absolute Gasteiger partial charge is 0.411 e. The van der Waals surface area contributed by atoms with Crippen LogP contribution in [0, 0.1) is 0 Å². The molecule has 0 saturated carbocycles. The molecule has 4 rings (SSSR count). The maximum atomic E-state index is 12.6. The molecule has 0 aliphatic carbocycles. The average molecular weight is 408 g/mol. The van der Waals surface area contributed by atoms with Gasteiger partial charge in [0.2, 0.25) is 11.8 Å². The highest BCUT2D eigenvalue weighted by atomic mass is 32.2. The predicted molar refractivity (Wildman–Crippen MR) is 115 cm³/mol. The minimum Gasteiger partial charge on any atom is -0.411 e. The number of carbonyl (C=O) groups is 1. The first-order valence-electron chi connectivity index (χ1n) is 9.82. The van der Waals surface area contributed by atoms with Gasteiger partial charge < -0.3 is 9.32 Å². The number of hydrogen-bond acceptors (Lipinski definition) is 5. The van der Waals surface area contributed by atoms with Gasteiger partial charge in [0.25, 0.3) is 5.22 Å². The maximum absolute atomic E-state index is 12.6. The lowest BCUT2D eigenvalue weighted by Crippen LogP contribution is -2.37. The van der Waals surface area contributed by atoms with E-state index in [9.17, 15) is 4.79 Å². The number of carbonyl (C=O) groups excluding carboxylic acids is 1. The van der Waals surface area contributed by atoms with Gasteiger partial charge in [0.15, 0.2) is 0 Å². The number of thioether (sulfide) groups is 1. The fraction of sp³-hybridized carbons (Fsp3) is 0.348. The van der Waals surface area contributed by atoms with Gasteiger partial charge in [-0.25, -0.2) is 0 Å². The van der Waals surface area contributed by atoms with Crippen LogP contribution in [0.1, 0.15) is 37.5 Å². The molecule has 0 spiro atoms. The Bertz CT molecular complexity index is 1010. The third-order valence-corrected chi connectivity index (χ3v) is 6.01. The van der Waals surface area contributed by atoms with Crippen molar-refractivity contribution in [2.45, 2.75) is 44.4 Å². The van der Waals surface area contributed by atoms with Gasteiger partial charge in [0.05, 0.1) is 5.75 Å². The summed E-state index contributed by atoms with van der Waals surface area (Å²) in [5, 5.41) is 8.65. The Hall–Kier alpha value is -2.60. The minimum absolute atomic E-state index is 0.0961. The number of benzene rings is 2. The lowest BCUT2D eigenvalue weighted by Gasteiger charge is -2.28. The number of amides is 1. The van der Waals surface area contributed by atoms with Gasteiger partial charge in [-0.05, 0) is 40.7 Å².